The molecule has 6 nitrogen and oxygen atoms in total. The molecule has 0 unspecified atom stereocenters. The number of nitrogens with zero attached hydrogens (tertiary/aromatic N) is 2. The third-order valence-electron chi connectivity index (χ3n) is 4.63. The molecule has 8 heteroatoms. The van der Waals surface area contributed by atoms with Gasteiger partial charge in [-0.3, -0.25) is 9.59 Å². The minimum absolute atomic E-state index is 0.0941. The molecular formula is C20H22N4O2S2. The van der Waals surface area contributed by atoms with Crippen LogP contribution in [-0.2, 0) is 0 Å². The molecule has 0 saturated heterocycles. The number of carbonyl (C=O) groups excluding carboxylic acids is 2. The van der Waals surface area contributed by atoms with Gasteiger partial charge in [-0.15, -0.1) is 11.3 Å². The van der Waals surface area contributed by atoms with E-state index in [0.717, 1.165) is 40.6 Å². The summed E-state index contributed by atoms with van der Waals surface area (Å²) in [5, 5.41) is 6.84. The molecule has 28 heavy (non-hydrogen) atoms. The predicted molar refractivity (Wildman–Crippen MR) is 116 cm³/mol. The molecule has 0 spiro atoms. The van der Waals surface area contributed by atoms with Crippen LogP contribution in [0.1, 0.15) is 46.7 Å². The zero-order chi connectivity index (χ0) is 19.7. The van der Waals surface area contributed by atoms with Crippen molar-refractivity contribution in [3.8, 4) is 0 Å². The van der Waals surface area contributed by atoms with E-state index >= 15 is 0 Å². The van der Waals surface area contributed by atoms with Crippen molar-refractivity contribution in [3.05, 3.63) is 40.8 Å². The second-order valence-electron chi connectivity index (χ2n) is 6.73. The molecule has 2 N–H and O–H groups in total. The molecule has 146 valence electrons. The molecular weight excluding hydrogens is 392 g/mol. The van der Waals surface area contributed by atoms with Gasteiger partial charge in [-0.25, -0.2) is 4.98 Å². The lowest BCUT2D eigenvalue weighted by atomic mass is 10.2. The van der Waals surface area contributed by atoms with Crippen LogP contribution in [0.4, 0.5) is 10.8 Å². The highest BCUT2D eigenvalue weighted by Gasteiger charge is 2.24. The molecule has 2 amide bonds. The number of aromatic nitrogens is 1. The lowest BCUT2D eigenvalue weighted by molar-refractivity contribution is 0.0949. The number of thiophene rings is 1. The van der Waals surface area contributed by atoms with Gasteiger partial charge in [0.15, 0.2) is 5.13 Å². The number of thiazole rings is 1. The first-order chi connectivity index (χ1) is 13.6. The molecule has 1 aromatic carbocycles. The van der Waals surface area contributed by atoms with Gasteiger partial charge in [-0.2, -0.15) is 0 Å². The summed E-state index contributed by atoms with van der Waals surface area (Å²) in [5.41, 5.74) is 1.17. The smallest absolute Gasteiger partial charge is 0.265 e. The third-order valence-corrected chi connectivity index (χ3v) is 6.85. The van der Waals surface area contributed by atoms with Gasteiger partial charge < -0.3 is 15.5 Å². The number of benzene rings is 1. The van der Waals surface area contributed by atoms with E-state index in [1.54, 1.807) is 35.6 Å². The number of hydrogen-bond acceptors (Lipinski definition) is 6. The number of anilines is 2. The van der Waals surface area contributed by atoms with Gasteiger partial charge in [0, 0.05) is 30.4 Å². The van der Waals surface area contributed by atoms with Gasteiger partial charge in [0.25, 0.3) is 11.8 Å². The van der Waals surface area contributed by atoms with Gasteiger partial charge >= 0.3 is 0 Å². The second-order valence-corrected chi connectivity index (χ2v) is 8.77. The van der Waals surface area contributed by atoms with E-state index in [-0.39, 0.29) is 11.8 Å². The molecule has 4 rings (SSSR count). The Morgan fingerprint density at radius 1 is 1.14 bits per heavy atom. The van der Waals surface area contributed by atoms with Crippen LogP contribution >= 0.6 is 22.7 Å². The Bertz CT molecular complexity index is 987. The molecule has 1 saturated carbocycles. The van der Waals surface area contributed by atoms with Crippen LogP contribution in [-0.4, -0.2) is 35.9 Å². The van der Waals surface area contributed by atoms with E-state index in [4.69, 9.17) is 0 Å². The molecule has 2 heterocycles. The van der Waals surface area contributed by atoms with E-state index in [0.29, 0.717) is 22.2 Å². The summed E-state index contributed by atoms with van der Waals surface area (Å²) in [6, 6.07) is 9.23. The SMILES string of the molecule is CCN(CC)c1nc2sc(C(=O)Nc3cccc(C(=O)NC4CC4)c3)cc2s1. The predicted octanol–water partition coefficient (Wildman–Crippen LogP) is 4.35. The normalized spacial score (nSPS) is 13.5. The Hall–Kier alpha value is -2.45. The molecule has 0 bridgehead atoms. The van der Waals surface area contributed by atoms with Crippen molar-refractivity contribution in [1.82, 2.24) is 10.3 Å². The second kappa shape index (κ2) is 7.89. The van der Waals surface area contributed by atoms with Crippen molar-refractivity contribution < 1.29 is 9.59 Å². The molecule has 0 aliphatic heterocycles. The first-order valence-electron chi connectivity index (χ1n) is 9.45. The van der Waals surface area contributed by atoms with Crippen LogP contribution in [0.25, 0.3) is 9.53 Å². The van der Waals surface area contributed by atoms with E-state index in [9.17, 15) is 9.59 Å². The summed E-state index contributed by atoms with van der Waals surface area (Å²) < 4.78 is 1.02. The molecule has 3 aromatic rings. The molecule has 0 radical (unpaired) electrons. The van der Waals surface area contributed by atoms with E-state index in [1.165, 1.54) is 11.3 Å². The summed E-state index contributed by atoms with van der Waals surface area (Å²) >= 11 is 3.00. The highest BCUT2D eigenvalue weighted by Crippen LogP contribution is 2.34. The van der Waals surface area contributed by atoms with Crippen molar-refractivity contribution in [2.24, 2.45) is 0 Å². The zero-order valence-electron chi connectivity index (χ0n) is 15.8. The van der Waals surface area contributed by atoms with Crippen LogP contribution in [0.2, 0.25) is 0 Å². The fourth-order valence-corrected chi connectivity index (χ4v) is 5.13. The van der Waals surface area contributed by atoms with Crippen LogP contribution in [0.3, 0.4) is 0 Å². The average molecular weight is 415 g/mol. The van der Waals surface area contributed by atoms with Crippen LogP contribution in [0, 0.1) is 0 Å². The Balaban J connectivity index is 1.47. The highest BCUT2D eigenvalue weighted by atomic mass is 32.1. The number of amides is 2. The standard InChI is InChI=1S/C20H22N4O2S2/c1-3-24(4-2)20-23-19-16(28-20)11-15(27-19)18(26)22-14-7-5-6-12(10-14)17(25)21-13-8-9-13/h5-7,10-11,13H,3-4,8-9H2,1-2H3,(H,21,25)(H,22,26). The molecule has 1 aliphatic rings. The van der Waals surface area contributed by atoms with Crippen LogP contribution in [0.5, 0.6) is 0 Å². The summed E-state index contributed by atoms with van der Waals surface area (Å²) in [6.45, 7) is 6.04. The third kappa shape index (κ3) is 4.02. The minimum Gasteiger partial charge on any atom is -0.349 e. The Morgan fingerprint density at radius 2 is 1.93 bits per heavy atom. The van der Waals surface area contributed by atoms with Gasteiger partial charge in [-0.05, 0) is 51.0 Å². The van der Waals surface area contributed by atoms with E-state index in [1.807, 2.05) is 6.07 Å². The fraction of sp³-hybridized carbons (Fsp3) is 0.350. The van der Waals surface area contributed by atoms with Crippen molar-refractivity contribution in [2.45, 2.75) is 32.7 Å². The van der Waals surface area contributed by atoms with Gasteiger partial charge in [-0.1, -0.05) is 17.4 Å². The maximum Gasteiger partial charge on any atom is 0.265 e. The Kier molecular flexibility index (Phi) is 5.32. The number of nitrogens with one attached hydrogen (secondary N) is 2. The van der Waals surface area contributed by atoms with Crippen molar-refractivity contribution in [1.29, 1.82) is 0 Å². The number of rotatable bonds is 7. The minimum atomic E-state index is -0.181. The average Bonchev–Trinajstić information content (AvgIpc) is 3.27. The lowest BCUT2D eigenvalue weighted by Crippen LogP contribution is -2.25. The van der Waals surface area contributed by atoms with E-state index in [2.05, 4.69) is 34.4 Å². The highest BCUT2D eigenvalue weighted by molar-refractivity contribution is 7.29. The van der Waals surface area contributed by atoms with Gasteiger partial charge in [0.05, 0.1) is 9.58 Å². The summed E-state index contributed by atoms with van der Waals surface area (Å²) in [5.74, 6) is -0.275. The fourth-order valence-electron chi connectivity index (χ4n) is 2.89. The first-order valence-corrected chi connectivity index (χ1v) is 11.1. The summed E-state index contributed by atoms with van der Waals surface area (Å²) in [4.78, 5) is 33.2. The summed E-state index contributed by atoms with van der Waals surface area (Å²) in [6.07, 6.45) is 2.09. The topological polar surface area (TPSA) is 74.3 Å². The Morgan fingerprint density at radius 3 is 2.61 bits per heavy atom. The van der Waals surface area contributed by atoms with Crippen molar-refractivity contribution in [3.63, 3.8) is 0 Å². The lowest BCUT2D eigenvalue weighted by Gasteiger charge is -2.16. The first kappa shape index (κ1) is 18.9. The van der Waals surface area contributed by atoms with Gasteiger partial charge in [0.1, 0.15) is 4.83 Å². The zero-order valence-corrected chi connectivity index (χ0v) is 17.5. The van der Waals surface area contributed by atoms with Crippen molar-refractivity contribution >= 4 is 54.8 Å². The molecule has 1 fully saturated rings. The summed E-state index contributed by atoms with van der Waals surface area (Å²) in [7, 11) is 0. The van der Waals surface area contributed by atoms with Gasteiger partial charge in [0.2, 0.25) is 0 Å². The number of hydrogen-bond donors (Lipinski definition) is 2. The quantitative estimate of drug-likeness (QED) is 0.603. The largest absolute Gasteiger partial charge is 0.349 e. The maximum atomic E-state index is 12.6. The monoisotopic (exact) mass is 414 g/mol. The van der Waals surface area contributed by atoms with Crippen LogP contribution < -0.4 is 15.5 Å². The van der Waals surface area contributed by atoms with E-state index < -0.39 is 0 Å². The molecule has 2 aromatic heterocycles. The maximum absolute atomic E-state index is 12.6. The number of carbonyl (C=O) groups is 2. The Labute approximate surface area is 171 Å². The van der Waals surface area contributed by atoms with Crippen LogP contribution in [0.15, 0.2) is 30.3 Å². The molecule has 1 aliphatic carbocycles. The number of fused-ring (bicyclic) bond motifs is 1. The van der Waals surface area contributed by atoms with Crippen molar-refractivity contribution in [2.75, 3.05) is 23.3 Å². The molecule has 0 atom stereocenters.